The summed E-state index contributed by atoms with van der Waals surface area (Å²) in [6, 6.07) is 0.282. The van der Waals surface area contributed by atoms with Crippen LogP contribution >= 0.6 is 11.3 Å². The molecule has 4 atom stereocenters. The largest absolute Gasteiger partial charge is 0.379 e. The lowest BCUT2D eigenvalue weighted by Crippen LogP contribution is -2.45. The fourth-order valence-electron chi connectivity index (χ4n) is 4.85. The van der Waals surface area contributed by atoms with Crippen molar-refractivity contribution < 1.29 is 14.3 Å². The predicted octanol–water partition coefficient (Wildman–Crippen LogP) is 2.59. The standard InChI is InChI=1S/C21H32N4O3S/c1-14-4-3-5-18(15(14)2)25-11-16(10-19(25)26)20(27)23-21-22-17(13-29-21)12-24-6-8-28-9-7-24/h13-16,18H,3-12H2,1-2H3,(H,22,23,27)/t14-,15-,16+,18+/m1/s1. The van der Waals surface area contributed by atoms with Crippen LogP contribution in [0.2, 0.25) is 0 Å². The van der Waals surface area contributed by atoms with Crippen LogP contribution in [0, 0.1) is 17.8 Å². The quantitative estimate of drug-likeness (QED) is 0.793. The number of likely N-dealkylation sites (tertiary alicyclic amines) is 1. The number of morpholine rings is 1. The zero-order valence-electron chi connectivity index (χ0n) is 17.4. The van der Waals surface area contributed by atoms with Gasteiger partial charge in [-0.3, -0.25) is 14.5 Å². The third kappa shape index (κ3) is 4.81. The molecule has 8 heteroatoms. The SMILES string of the molecule is C[C@@H]1[C@H](C)CCC[C@@H]1N1C[C@@H](C(=O)Nc2nc(CN3CCOCC3)cs2)CC1=O. The zero-order valence-corrected chi connectivity index (χ0v) is 18.2. The second-order valence-corrected chi connectivity index (χ2v) is 9.66. The molecule has 3 aliphatic rings. The van der Waals surface area contributed by atoms with Crippen LogP contribution < -0.4 is 5.32 Å². The molecule has 4 rings (SSSR count). The monoisotopic (exact) mass is 420 g/mol. The number of ether oxygens (including phenoxy) is 1. The predicted molar refractivity (Wildman–Crippen MR) is 113 cm³/mol. The van der Waals surface area contributed by atoms with E-state index in [9.17, 15) is 9.59 Å². The smallest absolute Gasteiger partial charge is 0.231 e. The molecule has 1 N–H and O–H groups in total. The molecule has 0 spiro atoms. The molecule has 3 fully saturated rings. The Bertz CT molecular complexity index is 733. The van der Waals surface area contributed by atoms with Crippen molar-refractivity contribution in [3.8, 4) is 0 Å². The number of carbonyl (C=O) groups excluding carboxylic acids is 2. The Hall–Kier alpha value is -1.51. The molecule has 0 radical (unpaired) electrons. The molecule has 1 aliphatic carbocycles. The minimum Gasteiger partial charge on any atom is -0.379 e. The molecule has 1 saturated carbocycles. The van der Waals surface area contributed by atoms with Crippen LogP contribution in [0.1, 0.15) is 45.2 Å². The van der Waals surface area contributed by atoms with E-state index < -0.39 is 0 Å². The highest BCUT2D eigenvalue weighted by Crippen LogP contribution is 2.36. The molecule has 160 valence electrons. The first-order valence-electron chi connectivity index (χ1n) is 10.9. The summed E-state index contributed by atoms with van der Waals surface area (Å²) in [5.41, 5.74) is 0.973. The van der Waals surface area contributed by atoms with Crippen LogP contribution in [-0.4, -0.2) is 65.5 Å². The van der Waals surface area contributed by atoms with Gasteiger partial charge in [0, 0.05) is 44.0 Å². The highest BCUT2D eigenvalue weighted by molar-refractivity contribution is 7.13. The topological polar surface area (TPSA) is 74.8 Å². The third-order valence-corrected chi connectivity index (χ3v) is 7.67. The maximum atomic E-state index is 12.8. The molecular weight excluding hydrogens is 388 g/mol. The molecule has 0 unspecified atom stereocenters. The Labute approximate surface area is 176 Å². The van der Waals surface area contributed by atoms with E-state index in [0.717, 1.165) is 45.0 Å². The maximum absolute atomic E-state index is 12.8. The number of thiazole rings is 1. The molecule has 3 heterocycles. The van der Waals surface area contributed by atoms with Gasteiger partial charge in [0.15, 0.2) is 5.13 Å². The molecule has 29 heavy (non-hydrogen) atoms. The van der Waals surface area contributed by atoms with Gasteiger partial charge in [-0.25, -0.2) is 4.98 Å². The van der Waals surface area contributed by atoms with Crippen LogP contribution in [0.5, 0.6) is 0 Å². The lowest BCUT2D eigenvalue weighted by Gasteiger charge is -2.40. The third-order valence-electron chi connectivity index (χ3n) is 6.86. The summed E-state index contributed by atoms with van der Waals surface area (Å²) in [4.78, 5) is 34.3. The first-order chi connectivity index (χ1) is 14.0. The van der Waals surface area contributed by atoms with E-state index in [1.165, 1.54) is 24.2 Å². The van der Waals surface area contributed by atoms with Crippen LogP contribution in [-0.2, 0) is 20.9 Å². The summed E-state index contributed by atoms with van der Waals surface area (Å²) >= 11 is 1.46. The number of aromatic nitrogens is 1. The van der Waals surface area contributed by atoms with Gasteiger partial charge in [0.2, 0.25) is 11.8 Å². The highest BCUT2D eigenvalue weighted by Gasteiger charge is 2.41. The molecule has 2 saturated heterocycles. The molecule has 1 aromatic heterocycles. The van der Waals surface area contributed by atoms with E-state index in [4.69, 9.17) is 4.74 Å². The summed E-state index contributed by atoms with van der Waals surface area (Å²) in [5, 5.41) is 5.58. The number of nitrogens with one attached hydrogen (secondary N) is 1. The van der Waals surface area contributed by atoms with Crippen LogP contribution in [0.15, 0.2) is 5.38 Å². The minimum absolute atomic E-state index is 0.0790. The Balaban J connectivity index is 1.31. The van der Waals surface area contributed by atoms with E-state index in [1.54, 1.807) is 0 Å². The summed E-state index contributed by atoms with van der Waals surface area (Å²) < 4.78 is 5.38. The van der Waals surface area contributed by atoms with Gasteiger partial charge in [-0.15, -0.1) is 11.3 Å². The van der Waals surface area contributed by atoms with Crippen molar-refractivity contribution in [3.63, 3.8) is 0 Å². The summed E-state index contributed by atoms with van der Waals surface area (Å²) in [5.74, 6) is 0.900. The number of anilines is 1. The Morgan fingerprint density at radius 1 is 1.31 bits per heavy atom. The Morgan fingerprint density at radius 3 is 2.90 bits per heavy atom. The molecule has 0 bridgehead atoms. The van der Waals surface area contributed by atoms with Gasteiger partial charge in [0.05, 0.1) is 24.8 Å². The van der Waals surface area contributed by atoms with E-state index in [-0.39, 0.29) is 23.8 Å². The fraction of sp³-hybridized carbons (Fsp3) is 0.762. The fourth-order valence-corrected chi connectivity index (χ4v) is 5.56. The number of rotatable bonds is 5. The van der Waals surface area contributed by atoms with Crippen LogP contribution in [0.25, 0.3) is 0 Å². The zero-order chi connectivity index (χ0) is 20.4. The number of amides is 2. The molecular formula is C21H32N4O3S. The van der Waals surface area contributed by atoms with Crippen molar-refractivity contribution >= 4 is 28.3 Å². The number of carbonyl (C=O) groups is 2. The van der Waals surface area contributed by atoms with E-state index >= 15 is 0 Å². The van der Waals surface area contributed by atoms with Crippen molar-refractivity contribution in [2.75, 3.05) is 38.2 Å². The van der Waals surface area contributed by atoms with Crippen molar-refractivity contribution in [3.05, 3.63) is 11.1 Å². The number of nitrogens with zero attached hydrogens (tertiary/aromatic N) is 3. The second kappa shape index (κ2) is 9.10. The van der Waals surface area contributed by atoms with Gasteiger partial charge in [-0.1, -0.05) is 26.7 Å². The molecule has 7 nitrogen and oxygen atoms in total. The summed E-state index contributed by atoms with van der Waals surface area (Å²) in [6.07, 6.45) is 3.78. The van der Waals surface area contributed by atoms with Crippen molar-refractivity contribution in [1.82, 2.24) is 14.8 Å². The molecule has 2 amide bonds. The average Bonchev–Trinajstić information content (AvgIpc) is 3.31. The van der Waals surface area contributed by atoms with E-state index in [0.29, 0.717) is 29.9 Å². The lowest BCUT2D eigenvalue weighted by molar-refractivity contribution is -0.131. The van der Waals surface area contributed by atoms with Gasteiger partial charge in [0.1, 0.15) is 0 Å². The molecule has 2 aliphatic heterocycles. The molecule has 0 aromatic carbocycles. The summed E-state index contributed by atoms with van der Waals surface area (Å²) in [6.45, 7) is 9.20. The first kappa shape index (κ1) is 20.8. The van der Waals surface area contributed by atoms with Crippen molar-refractivity contribution in [2.24, 2.45) is 17.8 Å². The average molecular weight is 421 g/mol. The van der Waals surface area contributed by atoms with E-state index in [1.807, 2.05) is 10.3 Å². The Morgan fingerprint density at radius 2 is 2.10 bits per heavy atom. The van der Waals surface area contributed by atoms with Crippen LogP contribution in [0.4, 0.5) is 5.13 Å². The van der Waals surface area contributed by atoms with Gasteiger partial charge in [0.25, 0.3) is 0 Å². The highest BCUT2D eigenvalue weighted by atomic mass is 32.1. The van der Waals surface area contributed by atoms with Crippen LogP contribution in [0.3, 0.4) is 0 Å². The van der Waals surface area contributed by atoms with Gasteiger partial charge < -0.3 is 15.0 Å². The second-order valence-electron chi connectivity index (χ2n) is 8.80. The normalized spacial score (nSPS) is 31.2. The van der Waals surface area contributed by atoms with E-state index in [2.05, 4.69) is 29.0 Å². The summed E-state index contributed by atoms with van der Waals surface area (Å²) in [7, 11) is 0. The molecule has 1 aromatic rings. The van der Waals surface area contributed by atoms with Crippen molar-refractivity contribution in [2.45, 2.75) is 52.1 Å². The van der Waals surface area contributed by atoms with Gasteiger partial charge in [-0.05, 0) is 18.3 Å². The lowest BCUT2D eigenvalue weighted by atomic mass is 9.77. The van der Waals surface area contributed by atoms with Gasteiger partial charge in [-0.2, -0.15) is 0 Å². The maximum Gasteiger partial charge on any atom is 0.231 e. The number of hydrogen-bond acceptors (Lipinski definition) is 6. The van der Waals surface area contributed by atoms with Crippen molar-refractivity contribution in [1.29, 1.82) is 0 Å². The minimum atomic E-state index is -0.279. The number of hydrogen-bond donors (Lipinski definition) is 1. The first-order valence-corrected chi connectivity index (χ1v) is 11.7. The van der Waals surface area contributed by atoms with Gasteiger partial charge >= 0.3 is 0 Å². The Kier molecular flexibility index (Phi) is 6.51.